The maximum absolute atomic E-state index is 13.2. The number of nitrogens with two attached hydrogens (primary N) is 1. The van der Waals surface area contributed by atoms with Gasteiger partial charge in [0.25, 0.3) is 0 Å². The van der Waals surface area contributed by atoms with Crippen molar-refractivity contribution >= 4 is 17.2 Å². The van der Waals surface area contributed by atoms with Crippen LogP contribution in [0.5, 0.6) is 0 Å². The van der Waals surface area contributed by atoms with Crippen LogP contribution in [0.2, 0.25) is 0 Å². The molecule has 0 radical (unpaired) electrons. The second kappa shape index (κ2) is 8.16. The standard InChI is InChI=1S/C13H19FN2O2S/c1-18-7-5-16(4-6-17)9-10-2-3-11(14)8-12(10)13(15)19/h2-3,8,17H,4-7,9H2,1H3,(H2,15,19). The van der Waals surface area contributed by atoms with Gasteiger partial charge in [-0.3, -0.25) is 4.90 Å². The maximum atomic E-state index is 13.2. The molecule has 19 heavy (non-hydrogen) atoms. The molecule has 0 amide bonds. The van der Waals surface area contributed by atoms with Crippen molar-refractivity contribution in [3.63, 3.8) is 0 Å². The van der Waals surface area contributed by atoms with Crippen LogP contribution in [0.4, 0.5) is 4.39 Å². The van der Waals surface area contributed by atoms with Crippen molar-refractivity contribution in [3.8, 4) is 0 Å². The first kappa shape index (κ1) is 16.0. The van der Waals surface area contributed by atoms with Crippen LogP contribution in [-0.2, 0) is 11.3 Å². The zero-order valence-electron chi connectivity index (χ0n) is 10.9. The van der Waals surface area contributed by atoms with Gasteiger partial charge in [0.2, 0.25) is 0 Å². The zero-order chi connectivity index (χ0) is 14.3. The minimum atomic E-state index is -0.364. The summed E-state index contributed by atoms with van der Waals surface area (Å²) in [6.45, 7) is 2.33. The molecule has 4 nitrogen and oxygen atoms in total. The highest BCUT2D eigenvalue weighted by Crippen LogP contribution is 2.14. The van der Waals surface area contributed by atoms with Crippen molar-refractivity contribution in [2.24, 2.45) is 5.73 Å². The lowest BCUT2D eigenvalue weighted by Gasteiger charge is -2.22. The van der Waals surface area contributed by atoms with Gasteiger partial charge in [-0.1, -0.05) is 18.3 Å². The first-order chi connectivity index (χ1) is 9.08. The van der Waals surface area contributed by atoms with Crippen LogP contribution in [-0.4, -0.2) is 48.4 Å². The first-order valence-corrected chi connectivity index (χ1v) is 6.39. The molecule has 1 aromatic carbocycles. The molecule has 1 rings (SSSR count). The van der Waals surface area contributed by atoms with E-state index in [9.17, 15) is 4.39 Å². The smallest absolute Gasteiger partial charge is 0.123 e. The average molecular weight is 286 g/mol. The van der Waals surface area contributed by atoms with Crippen LogP contribution in [0.1, 0.15) is 11.1 Å². The van der Waals surface area contributed by atoms with Crippen molar-refractivity contribution in [3.05, 3.63) is 35.1 Å². The lowest BCUT2D eigenvalue weighted by molar-refractivity contribution is 0.127. The molecule has 0 aromatic heterocycles. The number of rotatable bonds is 8. The van der Waals surface area contributed by atoms with Crippen molar-refractivity contribution < 1.29 is 14.2 Å². The van der Waals surface area contributed by atoms with E-state index in [1.54, 1.807) is 13.2 Å². The van der Waals surface area contributed by atoms with Crippen LogP contribution in [0.25, 0.3) is 0 Å². The third-order valence-electron chi connectivity index (χ3n) is 2.76. The number of hydrogen-bond donors (Lipinski definition) is 2. The molecule has 3 N–H and O–H groups in total. The fourth-order valence-electron chi connectivity index (χ4n) is 1.79. The van der Waals surface area contributed by atoms with Crippen molar-refractivity contribution in [1.29, 1.82) is 0 Å². The van der Waals surface area contributed by atoms with E-state index >= 15 is 0 Å². The van der Waals surface area contributed by atoms with E-state index < -0.39 is 0 Å². The number of aliphatic hydroxyl groups excluding tert-OH is 1. The highest BCUT2D eigenvalue weighted by atomic mass is 32.1. The van der Waals surface area contributed by atoms with Crippen LogP contribution >= 0.6 is 12.2 Å². The Bertz CT molecular complexity index is 429. The summed E-state index contributed by atoms with van der Waals surface area (Å²) in [4.78, 5) is 2.17. The normalized spacial score (nSPS) is 10.9. The van der Waals surface area contributed by atoms with E-state index in [4.69, 9.17) is 27.8 Å². The minimum Gasteiger partial charge on any atom is -0.395 e. The molecule has 1 aromatic rings. The van der Waals surface area contributed by atoms with E-state index in [1.165, 1.54) is 12.1 Å². The third kappa shape index (κ3) is 5.20. The Morgan fingerprint density at radius 2 is 2.21 bits per heavy atom. The summed E-state index contributed by atoms with van der Waals surface area (Å²) >= 11 is 4.93. The molecular formula is C13H19FN2O2S. The molecule has 6 heteroatoms. The molecule has 106 valence electrons. The first-order valence-electron chi connectivity index (χ1n) is 5.99. The number of methoxy groups -OCH3 is 1. The molecule has 0 saturated carbocycles. The fourth-order valence-corrected chi connectivity index (χ4v) is 1.98. The summed E-state index contributed by atoms with van der Waals surface area (Å²) in [5, 5.41) is 9.04. The van der Waals surface area contributed by atoms with E-state index in [-0.39, 0.29) is 17.4 Å². The number of hydrogen-bond acceptors (Lipinski definition) is 4. The van der Waals surface area contributed by atoms with Gasteiger partial charge < -0.3 is 15.6 Å². The van der Waals surface area contributed by atoms with Gasteiger partial charge in [-0.05, 0) is 17.7 Å². The molecule has 0 fully saturated rings. The Morgan fingerprint density at radius 3 is 2.79 bits per heavy atom. The maximum Gasteiger partial charge on any atom is 0.123 e. The molecule has 0 saturated heterocycles. The topological polar surface area (TPSA) is 58.7 Å². The summed E-state index contributed by atoms with van der Waals surface area (Å²) in [7, 11) is 1.62. The Morgan fingerprint density at radius 1 is 1.47 bits per heavy atom. The van der Waals surface area contributed by atoms with Crippen molar-refractivity contribution in [2.45, 2.75) is 6.54 Å². The molecule has 0 unspecified atom stereocenters. The molecule has 0 heterocycles. The van der Waals surface area contributed by atoms with E-state index in [2.05, 4.69) is 0 Å². The van der Waals surface area contributed by atoms with Gasteiger partial charge in [-0.25, -0.2) is 4.39 Å². The summed E-state index contributed by atoms with van der Waals surface area (Å²) < 4.78 is 18.2. The number of aliphatic hydroxyl groups is 1. The van der Waals surface area contributed by atoms with Crippen LogP contribution in [0, 0.1) is 5.82 Å². The van der Waals surface area contributed by atoms with E-state index in [0.717, 1.165) is 5.56 Å². The highest BCUT2D eigenvalue weighted by molar-refractivity contribution is 7.80. The zero-order valence-corrected chi connectivity index (χ0v) is 11.8. The lowest BCUT2D eigenvalue weighted by Crippen LogP contribution is -2.30. The van der Waals surface area contributed by atoms with Gasteiger partial charge >= 0.3 is 0 Å². The van der Waals surface area contributed by atoms with Gasteiger partial charge in [0.05, 0.1) is 13.2 Å². The van der Waals surface area contributed by atoms with Gasteiger partial charge in [-0.2, -0.15) is 0 Å². The van der Waals surface area contributed by atoms with Gasteiger partial charge in [-0.15, -0.1) is 0 Å². The number of benzene rings is 1. The molecule has 0 atom stereocenters. The molecule has 0 aliphatic carbocycles. The summed E-state index contributed by atoms with van der Waals surface area (Å²) in [6, 6.07) is 4.39. The number of nitrogens with zero attached hydrogens (tertiary/aromatic N) is 1. The Hall–Kier alpha value is -1.08. The van der Waals surface area contributed by atoms with Gasteiger partial charge in [0.1, 0.15) is 10.8 Å². The molecule has 0 aliphatic heterocycles. The van der Waals surface area contributed by atoms with Crippen molar-refractivity contribution in [2.75, 3.05) is 33.4 Å². The van der Waals surface area contributed by atoms with E-state index in [0.29, 0.717) is 31.8 Å². The second-order valence-corrected chi connectivity index (χ2v) is 4.60. The number of thiocarbonyl (C=S) groups is 1. The quantitative estimate of drug-likeness (QED) is 0.695. The highest BCUT2D eigenvalue weighted by Gasteiger charge is 2.11. The molecule has 0 bridgehead atoms. The Balaban J connectivity index is 2.85. The SMILES string of the molecule is COCCN(CCO)Cc1ccc(F)cc1C(N)=S. The van der Waals surface area contributed by atoms with Gasteiger partial charge in [0, 0.05) is 32.3 Å². The summed E-state index contributed by atoms with van der Waals surface area (Å²) in [5.74, 6) is -0.364. The number of halogens is 1. The largest absolute Gasteiger partial charge is 0.395 e. The number of ether oxygens (including phenoxy) is 1. The van der Waals surface area contributed by atoms with E-state index in [1.807, 2.05) is 4.90 Å². The third-order valence-corrected chi connectivity index (χ3v) is 2.98. The van der Waals surface area contributed by atoms with Crippen molar-refractivity contribution in [1.82, 2.24) is 4.90 Å². The van der Waals surface area contributed by atoms with Crippen LogP contribution in [0.3, 0.4) is 0 Å². The van der Waals surface area contributed by atoms with Gasteiger partial charge in [0.15, 0.2) is 0 Å². The predicted octanol–water partition coefficient (Wildman–Crippen LogP) is 0.901. The minimum absolute atomic E-state index is 0.0489. The van der Waals surface area contributed by atoms with Crippen LogP contribution in [0.15, 0.2) is 18.2 Å². The lowest BCUT2D eigenvalue weighted by atomic mass is 10.1. The summed E-state index contributed by atoms with van der Waals surface area (Å²) in [6.07, 6.45) is 0. The molecular weight excluding hydrogens is 267 g/mol. The van der Waals surface area contributed by atoms with Crippen LogP contribution < -0.4 is 5.73 Å². The average Bonchev–Trinajstić information content (AvgIpc) is 2.38. The Labute approximate surface area is 118 Å². The molecule has 0 spiro atoms. The fraction of sp³-hybridized carbons (Fsp3) is 0.462. The second-order valence-electron chi connectivity index (χ2n) is 4.16. The summed E-state index contributed by atoms with van der Waals surface area (Å²) in [5.41, 5.74) is 6.99. The molecule has 0 aliphatic rings. The predicted molar refractivity (Wildman–Crippen MR) is 76.5 cm³/mol. The Kier molecular flexibility index (Phi) is 6.86. The monoisotopic (exact) mass is 286 g/mol.